The molecule has 1 atom stereocenters. The van der Waals surface area contributed by atoms with E-state index in [9.17, 15) is 4.79 Å². The largest absolute Gasteiger partial charge is 0.325 e. The van der Waals surface area contributed by atoms with Gasteiger partial charge in [0.15, 0.2) is 4.34 Å². The van der Waals surface area contributed by atoms with Gasteiger partial charge in [-0.15, -0.1) is 10.2 Å². The molecule has 1 N–H and O–H groups in total. The minimum absolute atomic E-state index is 0.0415. The summed E-state index contributed by atoms with van der Waals surface area (Å²) < 4.78 is 1.80. The second-order valence-electron chi connectivity index (χ2n) is 3.84. The SMILES string of the molecule is Cc1nnc(S[C@H](C)C(=O)Nc2ccc(Br)cc2)s1. The highest BCUT2D eigenvalue weighted by atomic mass is 79.9. The molecule has 0 saturated carbocycles. The molecule has 0 aliphatic rings. The van der Waals surface area contributed by atoms with Crippen molar-refractivity contribution in [3.63, 3.8) is 0 Å². The van der Waals surface area contributed by atoms with Gasteiger partial charge < -0.3 is 5.32 Å². The van der Waals surface area contributed by atoms with Crippen molar-refractivity contribution < 1.29 is 4.79 Å². The van der Waals surface area contributed by atoms with Gasteiger partial charge in [0.25, 0.3) is 0 Å². The van der Waals surface area contributed by atoms with Gasteiger partial charge in [0.2, 0.25) is 5.91 Å². The molecule has 4 nitrogen and oxygen atoms in total. The van der Waals surface area contributed by atoms with Crippen molar-refractivity contribution in [2.45, 2.75) is 23.4 Å². The number of amides is 1. The van der Waals surface area contributed by atoms with E-state index in [-0.39, 0.29) is 11.2 Å². The Labute approximate surface area is 128 Å². The van der Waals surface area contributed by atoms with Gasteiger partial charge in [-0.1, -0.05) is 39.0 Å². The molecule has 1 heterocycles. The highest BCUT2D eigenvalue weighted by molar-refractivity contribution is 9.10. The number of hydrogen-bond donors (Lipinski definition) is 1. The first-order valence-corrected chi connectivity index (χ1v) is 8.06. The second-order valence-corrected chi connectivity index (χ2v) is 7.53. The standard InChI is InChI=1S/C12H12BrN3OS2/c1-7(18-12-16-15-8(2)19-12)11(17)14-10-5-3-9(13)4-6-10/h3-7H,1-2H3,(H,14,17)/t7-/m1/s1. The Kier molecular flexibility index (Phi) is 4.95. The number of aryl methyl sites for hydroxylation is 1. The van der Waals surface area contributed by atoms with Gasteiger partial charge in [0.05, 0.1) is 5.25 Å². The lowest BCUT2D eigenvalue weighted by Gasteiger charge is -2.10. The molecule has 1 aromatic carbocycles. The number of nitrogens with zero attached hydrogens (tertiary/aromatic N) is 2. The zero-order valence-corrected chi connectivity index (χ0v) is 13.6. The molecule has 0 aliphatic carbocycles. The van der Waals surface area contributed by atoms with Gasteiger partial charge in [0.1, 0.15) is 5.01 Å². The molecule has 7 heteroatoms. The molecule has 0 aliphatic heterocycles. The van der Waals surface area contributed by atoms with Crippen LogP contribution in [0.2, 0.25) is 0 Å². The summed E-state index contributed by atoms with van der Waals surface area (Å²) in [6.07, 6.45) is 0. The molecule has 2 rings (SSSR count). The van der Waals surface area contributed by atoms with Crippen LogP contribution in [0.1, 0.15) is 11.9 Å². The molecule has 2 aromatic rings. The predicted octanol–water partition coefficient (Wildman–Crippen LogP) is 3.73. The van der Waals surface area contributed by atoms with Crippen LogP contribution in [-0.2, 0) is 4.79 Å². The maximum absolute atomic E-state index is 12.0. The van der Waals surface area contributed by atoms with Gasteiger partial charge in [-0.3, -0.25) is 4.79 Å². The normalized spacial score (nSPS) is 12.2. The Morgan fingerprint density at radius 2 is 2.05 bits per heavy atom. The lowest BCUT2D eigenvalue weighted by atomic mass is 10.3. The number of rotatable bonds is 4. The molecule has 0 fully saturated rings. The molecular formula is C12H12BrN3OS2. The van der Waals surface area contributed by atoms with Crippen molar-refractivity contribution >= 4 is 50.6 Å². The third-order valence-corrected chi connectivity index (χ3v) is 4.82. The van der Waals surface area contributed by atoms with E-state index in [1.165, 1.54) is 23.1 Å². The highest BCUT2D eigenvalue weighted by Crippen LogP contribution is 2.27. The van der Waals surface area contributed by atoms with Gasteiger partial charge in [-0.25, -0.2) is 0 Å². The maximum Gasteiger partial charge on any atom is 0.237 e. The molecule has 0 radical (unpaired) electrons. The molecule has 0 bridgehead atoms. The average molecular weight is 358 g/mol. The van der Waals surface area contributed by atoms with Gasteiger partial charge in [-0.2, -0.15) is 0 Å². The van der Waals surface area contributed by atoms with Crippen molar-refractivity contribution in [2.75, 3.05) is 5.32 Å². The number of benzene rings is 1. The third-order valence-electron chi connectivity index (χ3n) is 2.27. The first-order chi connectivity index (χ1) is 9.04. The topological polar surface area (TPSA) is 54.9 Å². The van der Waals surface area contributed by atoms with E-state index in [2.05, 4.69) is 31.4 Å². The van der Waals surface area contributed by atoms with E-state index in [4.69, 9.17) is 0 Å². The van der Waals surface area contributed by atoms with Crippen LogP contribution in [-0.4, -0.2) is 21.4 Å². The fraction of sp³-hybridized carbons (Fsp3) is 0.250. The number of anilines is 1. The fourth-order valence-corrected chi connectivity index (χ4v) is 3.53. The second kappa shape index (κ2) is 6.49. The van der Waals surface area contributed by atoms with E-state index in [0.29, 0.717) is 0 Å². The van der Waals surface area contributed by atoms with E-state index < -0.39 is 0 Å². The molecule has 0 unspecified atom stereocenters. The monoisotopic (exact) mass is 357 g/mol. The average Bonchev–Trinajstić information content (AvgIpc) is 2.77. The Morgan fingerprint density at radius 3 is 2.63 bits per heavy atom. The summed E-state index contributed by atoms with van der Waals surface area (Å²) in [5.41, 5.74) is 0.786. The summed E-state index contributed by atoms with van der Waals surface area (Å²) >= 11 is 6.27. The first-order valence-electron chi connectivity index (χ1n) is 5.58. The number of thioether (sulfide) groups is 1. The number of halogens is 1. The van der Waals surface area contributed by atoms with E-state index in [1.807, 2.05) is 38.1 Å². The van der Waals surface area contributed by atoms with Gasteiger partial charge in [-0.05, 0) is 38.1 Å². The Morgan fingerprint density at radius 1 is 1.37 bits per heavy atom. The van der Waals surface area contributed by atoms with Crippen molar-refractivity contribution in [1.82, 2.24) is 10.2 Å². The summed E-state index contributed by atoms with van der Waals surface area (Å²) in [6, 6.07) is 7.49. The molecule has 100 valence electrons. The van der Waals surface area contributed by atoms with E-state index in [1.54, 1.807) is 0 Å². The summed E-state index contributed by atoms with van der Waals surface area (Å²) in [7, 11) is 0. The van der Waals surface area contributed by atoms with Crippen molar-refractivity contribution in [3.05, 3.63) is 33.7 Å². The van der Waals surface area contributed by atoms with Crippen molar-refractivity contribution in [1.29, 1.82) is 0 Å². The zero-order valence-electron chi connectivity index (χ0n) is 10.4. The Bertz CT molecular complexity index is 571. The molecule has 0 spiro atoms. The van der Waals surface area contributed by atoms with Crippen LogP contribution in [0, 0.1) is 6.92 Å². The number of nitrogens with one attached hydrogen (secondary N) is 1. The number of aromatic nitrogens is 2. The van der Waals surface area contributed by atoms with Gasteiger partial charge in [0, 0.05) is 10.2 Å². The first kappa shape index (κ1) is 14.5. The minimum atomic E-state index is -0.212. The van der Waals surface area contributed by atoms with E-state index >= 15 is 0 Å². The number of hydrogen-bond acceptors (Lipinski definition) is 5. The smallest absolute Gasteiger partial charge is 0.237 e. The summed E-state index contributed by atoms with van der Waals surface area (Å²) in [5, 5.41) is 11.5. The van der Waals surface area contributed by atoms with Crippen LogP contribution in [0.15, 0.2) is 33.1 Å². The Hall–Kier alpha value is -0.920. The fourth-order valence-electron chi connectivity index (χ4n) is 1.31. The summed E-state index contributed by atoms with van der Waals surface area (Å²) in [4.78, 5) is 12.0. The van der Waals surface area contributed by atoms with Crippen LogP contribution in [0.5, 0.6) is 0 Å². The van der Waals surface area contributed by atoms with Crippen LogP contribution >= 0.6 is 39.0 Å². The van der Waals surface area contributed by atoms with E-state index in [0.717, 1.165) is 19.5 Å². The lowest BCUT2D eigenvalue weighted by Crippen LogP contribution is -2.22. The third kappa shape index (κ3) is 4.29. The maximum atomic E-state index is 12.0. The lowest BCUT2D eigenvalue weighted by molar-refractivity contribution is -0.115. The number of carbonyl (C=O) groups is 1. The van der Waals surface area contributed by atoms with Crippen molar-refractivity contribution in [2.24, 2.45) is 0 Å². The molecule has 19 heavy (non-hydrogen) atoms. The molecule has 1 amide bonds. The Balaban J connectivity index is 1.94. The van der Waals surface area contributed by atoms with Gasteiger partial charge >= 0.3 is 0 Å². The molecular weight excluding hydrogens is 346 g/mol. The highest BCUT2D eigenvalue weighted by Gasteiger charge is 2.16. The predicted molar refractivity (Wildman–Crippen MR) is 82.7 cm³/mol. The van der Waals surface area contributed by atoms with Crippen LogP contribution in [0.4, 0.5) is 5.69 Å². The van der Waals surface area contributed by atoms with Crippen molar-refractivity contribution in [3.8, 4) is 0 Å². The minimum Gasteiger partial charge on any atom is -0.325 e. The zero-order chi connectivity index (χ0) is 13.8. The quantitative estimate of drug-likeness (QED) is 0.847. The molecule has 0 saturated heterocycles. The molecule has 1 aromatic heterocycles. The van der Waals surface area contributed by atoms with Crippen LogP contribution in [0.25, 0.3) is 0 Å². The summed E-state index contributed by atoms with van der Waals surface area (Å²) in [5.74, 6) is -0.0415. The van der Waals surface area contributed by atoms with Crippen LogP contribution in [0.3, 0.4) is 0 Å². The summed E-state index contributed by atoms with van der Waals surface area (Å²) in [6.45, 7) is 3.75. The number of carbonyl (C=O) groups excluding carboxylic acids is 1. The van der Waals surface area contributed by atoms with Crippen LogP contribution < -0.4 is 5.32 Å².